The molecule has 1 unspecified atom stereocenters. The van der Waals surface area contributed by atoms with E-state index in [2.05, 4.69) is 4.98 Å². The van der Waals surface area contributed by atoms with Gasteiger partial charge in [0, 0.05) is 51.1 Å². The van der Waals surface area contributed by atoms with Gasteiger partial charge in [0.15, 0.2) is 0 Å². The molecule has 3 heterocycles. The van der Waals surface area contributed by atoms with Crippen LogP contribution in [0.15, 0.2) is 47.6 Å². The highest BCUT2D eigenvalue weighted by atomic mass is 32.2. The average Bonchev–Trinajstić information content (AvgIpc) is 3.41. The van der Waals surface area contributed by atoms with E-state index in [1.165, 1.54) is 17.5 Å². The summed E-state index contributed by atoms with van der Waals surface area (Å²) in [5, 5.41) is 0. The molecular formula is C27H35N3O4S. The second kappa shape index (κ2) is 10.8. The largest absolute Gasteiger partial charge is 0.376 e. The molecule has 1 aliphatic carbocycles. The Morgan fingerprint density at radius 3 is 2.57 bits per heavy atom. The van der Waals surface area contributed by atoms with Crippen molar-refractivity contribution in [1.82, 2.24) is 14.2 Å². The number of aryl methyl sites for hydroxylation is 2. The molecule has 2 aromatic rings. The number of fused-ring (bicyclic) bond motifs is 1. The normalized spacial score (nSPS) is 21.5. The monoisotopic (exact) mass is 497 g/mol. The van der Waals surface area contributed by atoms with E-state index in [-0.39, 0.29) is 17.9 Å². The number of nitrogens with zero attached hydrogens (tertiary/aromatic N) is 3. The first kappa shape index (κ1) is 24.4. The van der Waals surface area contributed by atoms with Gasteiger partial charge < -0.3 is 9.64 Å². The van der Waals surface area contributed by atoms with Crippen LogP contribution < -0.4 is 0 Å². The molecule has 35 heavy (non-hydrogen) atoms. The van der Waals surface area contributed by atoms with Gasteiger partial charge in [0.05, 0.1) is 11.0 Å². The summed E-state index contributed by atoms with van der Waals surface area (Å²) in [6, 6.07) is 9.48. The lowest BCUT2D eigenvalue weighted by atomic mass is 9.92. The molecule has 2 fully saturated rings. The van der Waals surface area contributed by atoms with Gasteiger partial charge >= 0.3 is 0 Å². The number of amides is 1. The van der Waals surface area contributed by atoms with Gasteiger partial charge in [0.25, 0.3) is 0 Å². The van der Waals surface area contributed by atoms with Crippen LogP contribution in [0, 0.1) is 5.92 Å². The van der Waals surface area contributed by atoms with Crippen LogP contribution in [0.25, 0.3) is 0 Å². The molecule has 5 rings (SSSR count). The molecule has 8 heteroatoms. The maximum atomic E-state index is 13.6. The van der Waals surface area contributed by atoms with Gasteiger partial charge in [0.2, 0.25) is 15.9 Å². The summed E-state index contributed by atoms with van der Waals surface area (Å²) in [6.07, 6.45) is 10.9. The van der Waals surface area contributed by atoms with Gasteiger partial charge in [-0.1, -0.05) is 12.1 Å². The van der Waals surface area contributed by atoms with Crippen molar-refractivity contribution in [2.45, 2.75) is 68.9 Å². The van der Waals surface area contributed by atoms with Crippen molar-refractivity contribution >= 4 is 15.9 Å². The van der Waals surface area contributed by atoms with Crippen molar-refractivity contribution < 1.29 is 17.9 Å². The van der Waals surface area contributed by atoms with Gasteiger partial charge in [-0.25, -0.2) is 8.42 Å². The number of benzene rings is 1. The van der Waals surface area contributed by atoms with Crippen molar-refractivity contribution in [3.63, 3.8) is 0 Å². The van der Waals surface area contributed by atoms with Crippen molar-refractivity contribution in [2.24, 2.45) is 5.92 Å². The Hall–Kier alpha value is -2.29. The zero-order valence-corrected chi connectivity index (χ0v) is 21.1. The lowest BCUT2D eigenvalue weighted by Gasteiger charge is -2.34. The van der Waals surface area contributed by atoms with E-state index in [0.29, 0.717) is 43.9 Å². The number of piperidine rings is 1. The third-order valence-electron chi connectivity index (χ3n) is 7.62. The summed E-state index contributed by atoms with van der Waals surface area (Å²) in [5.41, 5.74) is 3.44. The number of aromatic nitrogens is 1. The molecule has 3 aliphatic rings. The predicted octanol–water partition coefficient (Wildman–Crippen LogP) is 3.57. The van der Waals surface area contributed by atoms with Crippen LogP contribution >= 0.6 is 0 Å². The number of hydrogen-bond donors (Lipinski definition) is 0. The van der Waals surface area contributed by atoms with Gasteiger partial charge in [0.1, 0.15) is 0 Å². The second-order valence-electron chi connectivity index (χ2n) is 10.0. The van der Waals surface area contributed by atoms with Gasteiger partial charge in [-0.2, -0.15) is 4.31 Å². The first-order valence-corrected chi connectivity index (χ1v) is 14.4. The molecule has 2 aliphatic heterocycles. The van der Waals surface area contributed by atoms with Crippen molar-refractivity contribution in [1.29, 1.82) is 0 Å². The fourth-order valence-electron chi connectivity index (χ4n) is 5.60. The summed E-state index contributed by atoms with van der Waals surface area (Å²) in [4.78, 5) is 20.0. The molecule has 0 spiro atoms. The van der Waals surface area contributed by atoms with Gasteiger partial charge in [-0.05, 0) is 86.3 Å². The van der Waals surface area contributed by atoms with Gasteiger partial charge in [-0.15, -0.1) is 0 Å². The Morgan fingerprint density at radius 1 is 1.06 bits per heavy atom. The van der Waals surface area contributed by atoms with Crippen molar-refractivity contribution in [3.8, 4) is 0 Å². The van der Waals surface area contributed by atoms with Crippen LogP contribution in [0.5, 0.6) is 0 Å². The Bertz CT molecular complexity index is 1120. The Kier molecular flexibility index (Phi) is 7.51. The first-order chi connectivity index (χ1) is 17.0. The minimum atomic E-state index is -3.55. The van der Waals surface area contributed by atoms with Crippen LogP contribution in [0.2, 0.25) is 0 Å². The number of rotatable bonds is 7. The molecule has 0 N–H and O–H groups in total. The zero-order valence-electron chi connectivity index (χ0n) is 20.3. The van der Waals surface area contributed by atoms with Crippen LogP contribution in [0.4, 0.5) is 0 Å². The maximum absolute atomic E-state index is 13.6. The number of sulfonamides is 1. The summed E-state index contributed by atoms with van der Waals surface area (Å²) < 4.78 is 34.1. The fourth-order valence-corrected chi connectivity index (χ4v) is 7.12. The minimum Gasteiger partial charge on any atom is -0.376 e. The SMILES string of the molecule is O=C(C1CCN(S(=O)(=O)c2ccc3c(c2)CCCC3)CC1)N(Cc1cccnc1)CC1CCCO1. The van der Waals surface area contributed by atoms with E-state index in [9.17, 15) is 13.2 Å². The molecule has 0 bridgehead atoms. The lowest BCUT2D eigenvalue weighted by molar-refractivity contribution is -0.139. The molecule has 1 aromatic carbocycles. The minimum absolute atomic E-state index is 0.0695. The topological polar surface area (TPSA) is 79.8 Å². The van der Waals surface area contributed by atoms with Crippen LogP contribution in [0.1, 0.15) is 55.2 Å². The van der Waals surface area contributed by atoms with E-state index in [0.717, 1.165) is 44.3 Å². The predicted molar refractivity (Wildman–Crippen MR) is 133 cm³/mol. The van der Waals surface area contributed by atoms with E-state index >= 15 is 0 Å². The van der Waals surface area contributed by atoms with Crippen molar-refractivity contribution in [2.75, 3.05) is 26.2 Å². The van der Waals surface area contributed by atoms with Gasteiger partial charge in [-0.3, -0.25) is 9.78 Å². The molecule has 1 atom stereocenters. The Balaban J connectivity index is 1.25. The van der Waals surface area contributed by atoms with Crippen LogP contribution in [-0.2, 0) is 38.9 Å². The molecule has 188 valence electrons. The molecule has 0 radical (unpaired) electrons. The quantitative estimate of drug-likeness (QED) is 0.584. The van der Waals surface area contributed by atoms with E-state index in [1.54, 1.807) is 22.8 Å². The molecule has 1 aromatic heterocycles. The first-order valence-electron chi connectivity index (χ1n) is 12.9. The fraction of sp³-hybridized carbons (Fsp3) is 0.556. The van der Waals surface area contributed by atoms with E-state index in [1.807, 2.05) is 29.2 Å². The number of ether oxygens (including phenoxy) is 1. The highest BCUT2D eigenvalue weighted by Crippen LogP contribution is 2.29. The number of carbonyl (C=O) groups excluding carboxylic acids is 1. The smallest absolute Gasteiger partial charge is 0.243 e. The molecule has 1 amide bonds. The maximum Gasteiger partial charge on any atom is 0.243 e. The summed E-state index contributed by atoms with van der Waals surface area (Å²) >= 11 is 0. The lowest BCUT2D eigenvalue weighted by Crippen LogP contribution is -2.46. The Labute approximate surface area is 208 Å². The molecular weight excluding hydrogens is 462 g/mol. The van der Waals surface area contributed by atoms with Crippen molar-refractivity contribution in [3.05, 3.63) is 59.4 Å². The Morgan fingerprint density at radius 2 is 1.86 bits per heavy atom. The standard InChI is InChI=1S/C27H35N3O4S/c31-27(29(20-25-8-4-16-34-25)19-21-5-3-13-28-18-21)23-11-14-30(15-12-23)35(32,33)26-10-9-22-6-1-2-7-24(22)17-26/h3,5,9-10,13,17-18,23,25H,1-2,4,6-8,11-12,14-16,19-20H2. The zero-order chi connectivity index (χ0) is 24.3. The average molecular weight is 498 g/mol. The number of hydrogen-bond acceptors (Lipinski definition) is 5. The highest BCUT2D eigenvalue weighted by Gasteiger charge is 2.35. The van der Waals surface area contributed by atoms with Crippen LogP contribution in [-0.4, -0.2) is 60.9 Å². The number of pyridine rings is 1. The molecule has 2 saturated heterocycles. The van der Waals surface area contributed by atoms with Crippen LogP contribution in [0.3, 0.4) is 0 Å². The summed E-state index contributed by atoms with van der Waals surface area (Å²) in [7, 11) is -3.55. The summed E-state index contributed by atoms with van der Waals surface area (Å²) in [5.74, 6) is -0.0850. The summed E-state index contributed by atoms with van der Waals surface area (Å²) in [6.45, 7) is 2.56. The third kappa shape index (κ3) is 5.60. The highest BCUT2D eigenvalue weighted by molar-refractivity contribution is 7.89. The second-order valence-corrected chi connectivity index (χ2v) is 12.0. The van der Waals surface area contributed by atoms with E-state index < -0.39 is 10.0 Å². The molecule has 7 nitrogen and oxygen atoms in total. The number of carbonyl (C=O) groups is 1. The molecule has 0 saturated carbocycles. The third-order valence-corrected chi connectivity index (χ3v) is 9.51. The van der Waals surface area contributed by atoms with E-state index in [4.69, 9.17) is 4.74 Å².